The van der Waals surface area contributed by atoms with Gasteiger partial charge in [0, 0.05) is 0 Å². The van der Waals surface area contributed by atoms with Crippen molar-refractivity contribution < 1.29 is 9.53 Å². The number of benzene rings is 1. The van der Waals surface area contributed by atoms with Crippen LogP contribution in [-0.2, 0) is 0 Å². The molecule has 1 heterocycles. The average Bonchev–Trinajstić information content (AvgIpc) is 2.39. The van der Waals surface area contributed by atoms with E-state index in [0.717, 1.165) is 0 Å². The maximum atomic E-state index is 11.4. The number of nitrogens with zero attached hydrogens (tertiary/aromatic N) is 2. The van der Waals surface area contributed by atoms with E-state index in [-0.39, 0.29) is 0 Å². The number of rotatable bonds is 3. The number of carbonyl (C=O) groups excluding carboxylic acids is 1. The molecule has 0 atom stereocenters. The van der Waals surface area contributed by atoms with Crippen LogP contribution in [0.4, 0.5) is 10.5 Å². The van der Waals surface area contributed by atoms with Crippen molar-refractivity contribution in [3.63, 3.8) is 0 Å². The molecular formula is C11H10N4O2. The van der Waals surface area contributed by atoms with Crippen molar-refractivity contribution in [1.82, 2.24) is 15.6 Å². The summed E-state index contributed by atoms with van der Waals surface area (Å²) in [6.07, 6.45) is 2.38. The predicted molar refractivity (Wildman–Crippen MR) is 61.3 cm³/mol. The van der Waals surface area contributed by atoms with Gasteiger partial charge in [0.2, 0.25) is 0 Å². The molecule has 17 heavy (non-hydrogen) atoms. The Morgan fingerprint density at radius 3 is 2.65 bits per heavy atom. The molecule has 1 aromatic carbocycles. The van der Waals surface area contributed by atoms with E-state index >= 15 is 0 Å². The van der Waals surface area contributed by atoms with E-state index in [2.05, 4.69) is 21.0 Å². The molecule has 2 N–H and O–H groups in total. The molecule has 0 saturated heterocycles. The van der Waals surface area contributed by atoms with Crippen molar-refractivity contribution in [3.8, 4) is 5.75 Å². The normalized spacial score (nSPS) is 9.41. The van der Waals surface area contributed by atoms with Gasteiger partial charge in [0.05, 0.1) is 18.1 Å². The molecule has 1 amide bonds. The van der Waals surface area contributed by atoms with Crippen LogP contribution in [0.15, 0.2) is 48.8 Å². The number of carbonyl (C=O) groups is 1. The Morgan fingerprint density at radius 2 is 1.94 bits per heavy atom. The summed E-state index contributed by atoms with van der Waals surface area (Å²) in [6, 6.07) is 10.4. The highest BCUT2D eigenvalue weighted by molar-refractivity contribution is 5.71. The van der Waals surface area contributed by atoms with Crippen LogP contribution in [0, 0.1) is 0 Å². The lowest BCUT2D eigenvalue weighted by atomic mass is 10.3. The van der Waals surface area contributed by atoms with Crippen molar-refractivity contribution in [3.05, 3.63) is 48.8 Å². The fourth-order valence-electron chi connectivity index (χ4n) is 1.11. The van der Waals surface area contributed by atoms with Gasteiger partial charge in [-0.3, -0.25) is 5.43 Å². The Kier molecular flexibility index (Phi) is 3.49. The third kappa shape index (κ3) is 3.45. The summed E-state index contributed by atoms with van der Waals surface area (Å²) in [5.41, 5.74) is 5.62. The lowest BCUT2D eigenvalue weighted by Gasteiger charge is -2.07. The topological polar surface area (TPSA) is 76.1 Å². The first kappa shape index (κ1) is 10.9. The van der Waals surface area contributed by atoms with Crippen molar-refractivity contribution >= 4 is 11.8 Å². The summed E-state index contributed by atoms with van der Waals surface area (Å²) in [6.45, 7) is 0. The number of aromatic nitrogens is 2. The van der Waals surface area contributed by atoms with Crippen LogP contribution < -0.4 is 15.6 Å². The second-order valence-corrected chi connectivity index (χ2v) is 3.08. The zero-order valence-corrected chi connectivity index (χ0v) is 8.83. The Hall–Kier alpha value is -2.63. The first-order valence-corrected chi connectivity index (χ1v) is 4.90. The minimum Gasteiger partial charge on any atom is -0.409 e. The predicted octanol–water partition coefficient (Wildman–Crippen LogP) is 1.59. The molecule has 0 aliphatic carbocycles. The zero-order valence-electron chi connectivity index (χ0n) is 8.83. The fourth-order valence-corrected chi connectivity index (χ4v) is 1.11. The summed E-state index contributed by atoms with van der Waals surface area (Å²) in [5, 5.41) is 7.25. The molecule has 0 unspecified atom stereocenters. The van der Waals surface area contributed by atoms with Crippen molar-refractivity contribution in [2.75, 3.05) is 5.43 Å². The smallest absolute Gasteiger partial charge is 0.409 e. The minimum atomic E-state index is -0.604. The monoisotopic (exact) mass is 230 g/mol. The minimum absolute atomic E-state index is 0.472. The lowest BCUT2D eigenvalue weighted by Crippen LogP contribution is -2.32. The number of hydrogen-bond donors (Lipinski definition) is 2. The SMILES string of the molecule is O=C(NNc1ccnnc1)Oc1ccccc1. The third-order valence-corrected chi connectivity index (χ3v) is 1.85. The van der Waals surface area contributed by atoms with Gasteiger partial charge in [-0.15, -0.1) is 0 Å². The molecule has 0 saturated carbocycles. The molecule has 0 bridgehead atoms. The lowest BCUT2D eigenvalue weighted by molar-refractivity contribution is 0.203. The molecule has 6 nitrogen and oxygen atoms in total. The van der Waals surface area contributed by atoms with E-state index in [1.54, 1.807) is 30.3 Å². The van der Waals surface area contributed by atoms with Crippen molar-refractivity contribution in [1.29, 1.82) is 0 Å². The van der Waals surface area contributed by atoms with Gasteiger partial charge in [-0.1, -0.05) is 18.2 Å². The largest absolute Gasteiger partial charge is 0.431 e. The van der Waals surface area contributed by atoms with E-state index in [1.807, 2.05) is 6.07 Å². The molecular weight excluding hydrogens is 220 g/mol. The quantitative estimate of drug-likeness (QED) is 0.783. The number of hydrogen-bond acceptors (Lipinski definition) is 5. The second kappa shape index (κ2) is 5.45. The third-order valence-electron chi connectivity index (χ3n) is 1.85. The van der Waals surface area contributed by atoms with Crippen LogP contribution in [-0.4, -0.2) is 16.3 Å². The van der Waals surface area contributed by atoms with Gasteiger partial charge < -0.3 is 4.74 Å². The Balaban J connectivity index is 1.83. The van der Waals surface area contributed by atoms with Crippen molar-refractivity contribution in [2.24, 2.45) is 0 Å². The van der Waals surface area contributed by atoms with Gasteiger partial charge in [-0.25, -0.2) is 10.2 Å². The standard InChI is InChI=1S/C11H10N4O2/c16-11(17-10-4-2-1-3-5-10)15-14-9-6-7-12-13-8-9/h1-8H,(H,12,14)(H,15,16). The molecule has 2 rings (SSSR count). The number of nitrogens with one attached hydrogen (secondary N) is 2. The Labute approximate surface area is 97.6 Å². The first-order valence-electron chi connectivity index (χ1n) is 4.90. The maximum Gasteiger partial charge on any atom is 0.431 e. The fraction of sp³-hybridized carbons (Fsp3) is 0. The van der Waals surface area contributed by atoms with Gasteiger partial charge in [0.15, 0.2) is 0 Å². The summed E-state index contributed by atoms with van der Waals surface area (Å²) < 4.78 is 4.99. The van der Waals surface area contributed by atoms with E-state index in [4.69, 9.17) is 4.74 Å². The van der Waals surface area contributed by atoms with Crippen LogP contribution in [0.25, 0.3) is 0 Å². The number of amides is 1. The molecule has 0 aliphatic rings. The number of hydrazine groups is 1. The molecule has 0 radical (unpaired) electrons. The summed E-state index contributed by atoms with van der Waals surface area (Å²) in [5.74, 6) is 0.472. The van der Waals surface area contributed by atoms with Crippen molar-refractivity contribution in [2.45, 2.75) is 0 Å². The zero-order chi connectivity index (χ0) is 11.9. The van der Waals surface area contributed by atoms with Crippen LogP contribution in [0.2, 0.25) is 0 Å². The number of para-hydroxylation sites is 1. The van der Waals surface area contributed by atoms with Gasteiger partial charge in [-0.2, -0.15) is 10.2 Å². The molecule has 0 fully saturated rings. The van der Waals surface area contributed by atoms with E-state index < -0.39 is 6.09 Å². The molecule has 86 valence electrons. The van der Waals surface area contributed by atoms with Gasteiger partial charge in [0.1, 0.15) is 5.75 Å². The number of anilines is 1. The molecule has 2 aromatic rings. The first-order chi connectivity index (χ1) is 8.34. The summed E-state index contributed by atoms with van der Waals surface area (Å²) >= 11 is 0. The molecule has 0 spiro atoms. The summed E-state index contributed by atoms with van der Waals surface area (Å²) in [7, 11) is 0. The second-order valence-electron chi connectivity index (χ2n) is 3.08. The molecule has 6 heteroatoms. The van der Waals surface area contributed by atoms with E-state index in [0.29, 0.717) is 11.4 Å². The number of ether oxygens (including phenoxy) is 1. The highest BCUT2D eigenvalue weighted by Crippen LogP contribution is 2.08. The average molecular weight is 230 g/mol. The van der Waals surface area contributed by atoms with Gasteiger partial charge in [-0.05, 0) is 18.2 Å². The Bertz CT molecular complexity index is 475. The van der Waals surface area contributed by atoms with E-state index in [1.165, 1.54) is 12.4 Å². The molecule has 0 aliphatic heterocycles. The van der Waals surface area contributed by atoms with Gasteiger partial charge >= 0.3 is 6.09 Å². The van der Waals surface area contributed by atoms with E-state index in [9.17, 15) is 4.79 Å². The highest BCUT2D eigenvalue weighted by atomic mass is 16.6. The summed E-state index contributed by atoms with van der Waals surface area (Å²) in [4.78, 5) is 11.4. The van der Waals surface area contributed by atoms with Gasteiger partial charge in [0.25, 0.3) is 0 Å². The Morgan fingerprint density at radius 1 is 1.12 bits per heavy atom. The van der Waals surface area contributed by atoms with Crippen LogP contribution in [0.5, 0.6) is 5.75 Å². The highest BCUT2D eigenvalue weighted by Gasteiger charge is 2.02. The van der Waals surface area contributed by atoms with Crippen LogP contribution in [0.1, 0.15) is 0 Å². The molecule has 1 aromatic heterocycles. The van der Waals surface area contributed by atoms with Crippen LogP contribution in [0.3, 0.4) is 0 Å². The van der Waals surface area contributed by atoms with Crippen LogP contribution >= 0.6 is 0 Å². The maximum absolute atomic E-state index is 11.4.